The molecule has 1 saturated heterocycles. The van der Waals surface area contributed by atoms with Crippen LogP contribution in [-0.2, 0) is 6.54 Å². The van der Waals surface area contributed by atoms with Crippen molar-refractivity contribution in [1.29, 1.82) is 0 Å². The van der Waals surface area contributed by atoms with E-state index in [-0.39, 0.29) is 39.9 Å². The van der Waals surface area contributed by atoms with Crippen LogP contribution >= 0.6 is 0 Å². The van der Waals surface area contributed by atoms with Gasteiger partial charge in [-0.05, 0) is 49.5 Å². The van der Waals surface area contributed by atoms with Crippen molar-refractivity contribution in [2.75, 3.05) is 6.54 Å². The Hall–Kier alpha value is -2.89. The maximum atomic E-state index is 13.7. The van der Waals surface area contributed by atoms with Gasteiger partial charge < -0.3 is 14.8 Å². The third kappa shape index (κ3) is 4.90. The fraction of sp³-hybridized carbons (Fsp3) is 0.519. The summed E-state index contributed by atoms with van der Waals surface area (Å²) in [5, 5.41) is 2.80. The van der Waals surface area contributed by atoms with E-state index < -0.39 is 11.3 Å². The van der Waals surface area contributed by atoms with Crippen molar-refractivity contribution in [3.63, 3.8) is 0 Å². The molecule has 2 aliphatic rings. The smallest absolute Gasteiger partial charge is 0.259 e. The second-order valence-corrected chi connectivity index (χ2v) is 11.3. The van der Waals surface area contributed by atoms with Crippen LogP contribution in [0.15, 0.2) is 47.5 Å². The van der Waals surface area contributed by atoms with E-state index in [1.807, 2.05) is 49.1 Å². The fourth-order valence-electron chi connectivity index (χ4n) is 6.02. The zero-order chi connectivity index (χ0) is 24.0. The molecule has 2 aromatic rings. The number of fused-ring (bicyclic) bond motifs is 2. The van der Waals surface area contributed by atoms with Gasteiger partial charge in [0.15, 0.2) is 0 Å². The number of carbonyl (C=O) groups is 2. The molecule has 1 aromatic carbocycles. The monoisotopic (exact) mass is 449 g/mol. The Balaban J connectivity index is 1.73. The van der Waals surface area contributed by atoms with E-state index in [0.29, 0.717) is 13.1 Å². The molecule has 1 aliphatic carbocycles. The zero-order valence-corrected chi connectivity index (χ0v) is 20.4. The first kappa shape index (κ1) is 23.3. The summed E-state index contributed by atoms with van der Waals surface area (Å²) >= 11 is 0. The lowest BCUT2D eigenvalue weighted by atomic mass is 9.65. The van der Waals surface area contributed by atoms with Crippen molar-refractivity contribution in [3.8, 4) is 0 Å². The summed E-state index contributed by atoms with van der Waals surface area (Å²) in [6.45, 7) is 11.6. The molecule has 2 atom stereocenters. The first-order chi connectivity index (χ1) is 15.5. The number of rotatable bonds is 5. The van der Waals surface area contributed by atoms with Crippen LogP contribution in [-0.4, -0.2) is 39.9 Å². The number of likely N-dealkylation sites (tertiary alicyclic amines) is 1. The van der Waals surface area contributed by atoms with Crippen molar-refractivity contribution in [1.82, 2.24) is 14.8 Å². The molecule has 2 amide bonds. The molecule has 2 bridgehead atoms. The molecule has 1 saturated carbocycles. The number of nitrogens with zero attached hydrogens (tertiary/aromatic N) is 2. The molecule has 6 nitrogen and oxygen atoms in total. The van der Waals surface area contributed by atoms with Gasteiger partial charge in [0.25, 0.3) is 11.8 Å². The fourth-order valence-corrected chi connectivity index (χ4v) is 6.02. The van der Waals surface area contributed by atoms with Crippen molar-refractivity contribution in [3.05, 3.63) is 69.6 Å². The molecule has 6 heteroatoms. The van der Waals surface area contributed by atoms with E-state index in [1.165, 1.54) is 0 Å². The summed E-state index contributed by atoms with van der Waals surface area (Å²) in [5.41, 5.74) is 0.863. The highest BCUT2D eigenvalue weighted by atomic mass is 16.2. The molecular weight excluding hydrogens is 414 g/mol. The minimum atomic E-state index is -0.492. The first-order valence-electron chi connectivity index (χ1n) is 11.9. The topological polar surface area (TPSA) is 71.4 Å². The largest absolute Gasteiger partial charge is 0.350 e. The molecule has 2 unspecified atom stereocenters. The molecular formula is C27H35N3O3. The number of pyridine rings is 1. The van der Waals surface area contributed by atoms with Gasteiger partial charge in [-0.15, -0.1) is 0 Å². The normalized spacial score (nSPS) is 23.6. The highest BCUT2D eigenvalue weighted by Gasteiger charge is 2.51. The minimum absolute atomic E-state index is 0.0131. The van der Waals surface area contributed by atoms with Crippen molar-refractivity contribution in [2.24, 2.45) is 10.8 Å². The predicted molar refractivity (Wildman–Crippen MR) is 129 cm³/mol. The third-order valence-electron chi connectivity index (χ3n) is 6.86. The van der Waals surface area contributed by atoms with Crippen LogP contribution in [0.2, 0.25) is 0 Å². The first-order valence-corrected chi connectivity index (χ1v) is 11.9. The Kier molecular flexibility index (Phi) is 5.97. The second kappa shape index (κ2) is 8.47. The van der Waals surface area contributed by atoms with Crippen LogP contribution in [0.25, 0.3) is 0 Å². The highest BCUT2D eigenvalue weighted by Crippen LogP contribution is 2.52. The molecule has 1 N–H and O–H groups in total. The van der Waals surface area contributed by atoms with Crippen molar-refractivity contribution in [2.45, 2.75) is 72.5 Å². The number of nitrogens with one attached hydrogen (secondary N) is 1. The number of amides is 2. The number of hydrogen-bond acceptors (Lipinski definition) is 3. The summed E-state index contributed by atoms with van der Waals surface area (Å²) < 4.78 is 1.78. The zero-order valence-electron chi connectivity index (χ0n) is 20.4. The van der Waals surface area contributed by atoms with E-state index >= 15 is 0 Å². The lowest BCUT2D eigenvalue weighted by Gasteiger charge is -2.39. The van der Waals surface area contributed by atoms with Crippen LogP contribution in [0, 0.1) is 10.8 Å². The van der Waals surface area contributed by atoms with E-state index in [4.69, 9.17) is 0 Å². The summed E-state index contributed by atoms with van der Waals surface area (Å²) in [5.74, 6) is -0.702. The maximum Gasteiger partial charge on any atom is 0.259 e. The van der Waals surface area contributed by atoms with Crippen LogP contribution in [0.4, 0.5) is 0 Å². The second-order valence-electron chi connectivity index (χ2n) is 11.3. The number of aromatic nitrogens is 1. The lowest BCUT2D eigenvalue weighted by Crippen LogP contribution is -2.41. The van der Waals surface area contributed by atoms with Gasteiger partial charge in [-0.2, -0.15) is 0 Å². The van der Waals surface area contributed by atoms with Crippen molar-refractivity contribution >= 4 is 11.8 Å². The summed E-state index contributed by atoms with van der Waals surface area (Å²) in [6, 6.07) is 9.82. The predicted octanol–water partition coefficient (Wildman–Crippen LogP) is 4.08. The highest BCUT2D eigenvalue weighted by molar-refractivity contribution is 5.99. The van der Waals surface area contributed by atoms with Crippen molar-refractivity contribution < 1.29 is 9.59 Å². The molecule has 0 radical (unpaired) electrons. The Morgan fingerprint density at radius 3 is 2.39 bits per heavy atom. The third-order valence-corrected chi connectivity index (χ3v) is 6.86. The molecule has 176 valence electrons. The lowest BCUT2D eigenvalue weighted by molar-refractivity contribution is 0.0706. The van der Waals surface area contributed by atoms with Gasteiger partial charge >= 0.3 is 0 Å². The Labute approximate surface area is 196 Å². The molecule has 33 heavy (non-hydrogen) atoms. The summed E-state index contributed by atoms with van der Waals surface area (Å²) in [6.07, 6.45) is 6.15. The average molecular weight is 450 g/mol. The minimum Gasteiger partial charge on any atom is -0.350 e. The van der Waals surface area contributed by atoms with Gasteiger partial charge in [0.05, 0.1) is 0 Å². The standard InChI is InChI=1S/C27H35N3O3/c1-18(2)28-24(32)21-14-29(13-19-9-7-6-8-10-19)15-22(23(21)31)25(33)30-17-27(5)12-20(30)11-26(3,4)16-27/h6-10,14-15,18,20H,11-13,16-17H2,1-5H3,(H,28,32). The van der Waals surface area contributed by atoms with Crippen LogP contribution in [0.3, 0.4) is 0 Å². The van der Waals surface area contributed by atoms with Gasteiger partial charge in [-0.1, -0.05) is 51.1 Å². The summed E-state index contributed by atoms with van der Waals surface area (Å²) in [4.78, 5) is 41.9. The SMILES string of the molecule is CC(C)NC(=O)c1cn(Cc2ccccc2)cc(C(=O)N2CC3(C)CC2CC(C)(C)C3)c1=O. The average Bonchev–Trinajstić information content (AvgIpc) is 2.97. The Morgan fingerprint density at radius 1 is 1.06 bits per heavy atom. The van der Waals surface area contributed by atoms with E-state index in [0.717, 1.165) is 24.8 Å². The molecule has 1 aromatic heterocycles. The Morgan fingerprint density at radius 2 is 1.73 bits per heavy atom. The van der Waals surface area contributed by atoms with Gasteiger partial charge in [-0.25, -0.2) is 0 Å². The molecule has 2 fully saturated rings. The molecule has 0 spiro atoms. The molecule has 1 aliphatic heterocycles. The van der Waals surface area contributed by atoms with E-state index in [2.05, 4.69) is 26.1 Å². The van der Waals surface area contributed by atoms with Crippen LogP contribution < -0.4 is 10.7 Å². The number of hydrogen-bond donors (Lipinski definition) is 1. The van der Waals surface area contributed by atoms with E-state index in [9.17, 15) is 14.4 Å². The number of carbonyl (C=O) groups excluding carboxylic acids is 2. The Bertz CT molecular complexity index is 1120. The van der Waals surface area contributed by atoms with E-state index in [1.54, 1.807) is 17.0 Å². The van der Waals surface area contributed by atoms with Crippen LogP contribution in [0.5, 0.6) is 0 Å². The maximum absolute atomic E-state index is 13.7. The van der Waals surface area contributed by atoms with Gasteiger partial charge in [0.2, 0.25) is 5.43 Å². The van der Waals surface area contributed by atoms with Crippen LogP contribution in [0.1, 0.15) is 80.2 Å². The molecule has 2 heterocycles. The van der Waals surface area contributed by atoms with Gasteiger partial charge in [0, 0.05) is 37.6 Å². The van der Waals surface area contributed by atoms with Gasteiger partial charge in [-0.3, -0.25) is 14.4 Å². The quantitative estimate of drug-likeness (QED) is 0.748. The van der Waals surface area contributed by atoms with Gasteiger partial charge in [0.1, 0.15) is 11.1 Å². The molecule has 4 rings (SSSR count). The number of benzene rings is 1. The summed E-state index contributed by atoms with van der Waals surface area (Å²) in [7, 11) is 0.